The van der Waals surface area contributed by atoms with E-state index < -0.39 is 18.1 Å². The second kappa shape index (κ2) is 12.1. The molecule has 1 amide bonds. The van der Waals surface area contributed by atoms with Crippen LogP contribution in [0.3, 0.4) is 0 Å². The number of nitrogens with zero attached hydrogens (tertiary/aromatic N) is 3. The summed E-state index contributed by atoms with van der Waals surface area (Å²) in [6, 6.07) is 2.83. The summed E-state index contributed by atoms with van der Waals surface area (Å²) in [6.45, 7) is 7.47. The molecule has 0 aromatic heterocycles. The molecule has 2 bridgehead atoms. The molecule has 5 atom stereocenters. The van der Waals surface area contributed by atoms with E-state index in [0.29, 0.717) is 47.8 Å². The molecule has 45 heavy (non-hydrogen) atoms. The number of aryl methyl sites for hydroxylation is 1. The lowest BCUT2D eigenvalue weighted by Gasteiger charge is -2.60. The van der Waals surface area contributed by atoms with Crippen LogP contribution in [0.2, 0.25) is 0 Å². The van der Waals surface area contributed by atoms with Gasteiger partial charge in [0.2, 0.25) is 12.7 Å². The number of carbonyl (C=O) groups excluding carboxylic acids is 2. The number of ether oxygens (including phenoxy) is 4. The van der Waals surface area contributed by atoms with E-state index in [1.54, 1.807) is 7.11 Å². The van der Waals surface area contributed by atoms with Gasteiger partial charge in [0.05, 0.1) is 25.3 Å². The van der Waals surface area contributed by atoms with E-state index in [-0.39, 0.29) is 43.1 Å². The van der Waals surface area contributed by atoms with Gasteiger partial charge in [0, 0.05) is 54.2 Å². The highest BCUT2D eigenvalue weighted by Crippen LogP contribution is 2.58. The molecule has 2 N–H and O–H groups in total. The summed E-state index contributed by atoms with van der Waals surface area (Å²) in [7, 11) is 3.55. The molecule has 1 saturated heterocycles. The monoisotopic (exact) mass is 618 g/mol. The average molecular weight is 619 g/mol. The van der Waals surface area contributed by atoms with Crippen molar-refractivity contribution in [2.75, 3.05) is 27.5 Å². The third-order valence-corrected chi connectivity index (χ3v) is 10.0. The van der Waals surface area contributed by atoms with Crippen LogP contribution in [0.15, 0.2) is 6.07 Å². The molecule has 11 nitrogen and oxygen atoms in total. The SMILES string of the molecule is CCCCCC(=O)NC[C@H]1c2c(c(OC(C)=O)c(C)c3c2OCO3)C[C@H]2[C@H]3c4c(cc(C)c(OC)c4O)CC([C@H](C#N)N12)N3C. The van der Waals surface area contributed by atoms with Crippen LogP contribution in [0.5, 0.6) is 28.7 Å². The van der Waals surface area contributed by atoms with Crippen molar-refractivity contribution in [2.24, 2.45) is 0 Å². The normalized spacial score (nSPS) is 24.6. The molecule has 4 aliphatic heterocycles. The zero-order chi connectivity index (χ0) is 32.2. The lowest BCUT2D eigenvalue weighted by molar-refractivity contribution is -0.132. The summed E-state index contributed by atoms with van der Waals surface area (Å²) >= 11 is 0. The Hall–Kier alpha value is -4.01. The highest BCUT2D eigenvalue weighted by atomic mass is 16.7. The zero-order valence-corrected chi connectivity index (χ0v) is 26.9. The van der Waals surface area contributed by atoms with Gasteiger partial charge in [0.25, 0.3) is 0 Å². The van der Waals surface area contributed by atoms with Gasteiger partial charge in [-0.05, 0) is 51.3 Å². The minimum Gasteiger partial charge on any atom is -0.504 e. The number of amides is 1. The van der Waals surface area contributed by atoms with Gasteiger partial charge in [-0.15, -0.1) is 0 Å². The Balaban J connectivity index is 1.55. The van der Waals surface area contributed by atoms with Crippen molar-refractivity contribution in [1.29, 1.82) is 5.26 Å². The molecule has 1 unspecified atom stereocenters. The van der Waals surface area contributed by atoms with Crippen molar-refractivity contribution >= 4 is 11.9 Å². The maximum Gasteiger partial charge on any atom is 0.308 e. The maximum atomic E-state index is 13.1. The molecule has 0 radical (unpaired) electrons. The van der Waals surface area contributed by atoms with Crippen molar-refractivity contribution in [3.05, 3.63) is 39.4 Å². The Morgan fingerprint density at radius 2 is 1.89 bits per heavy atom. The van der Waals surface area contributed by atoms with E-state index in [9.17, 15) is 20.0 Å². The number of esters is 1. The minimum absolute atomic E-state index is 0.0156. The molecular weight excluding hydrogens is 576 g/mol. The van der Waals surface area contributed by atoms with Gasteiger partial charge < -0.3 is 29.4 Å². The minimum atomic E-state index is -0.541. The summed E-state index contributed by atoms with van der Waals surface area (Å²) in [5.41, 5.74) is 4.82. The van der Waals surface area contributed by atoms with Gasteiger partial charge in [0.15, 0.2) is 23.0 Å². The van der Waals surface area contributed by atoms with Gasteiger partial charge in [-0.25, -0.2) is 0 Å². The quantitative estimate of drug-likeness (QED) is 0.253. The number of methoxy groups -OCH3 is 1. The fraction of sp³-hybridized carbons (Fsp3) is 0.559. The second-order valence-electron chi connectivity index (χ2n) is 12.6. The van der Waals surface area contributed by atoms with Gasteiger partial charge in [0.1, 0.15) is 11.8 Å². The third kappa shape index (κ3) is 4.95. The third-order valence-electron chi connectivity index (χ3n) is 10.0. The van der Waals surface area contributed by atoms with Crippen molar-refractivity contribution in [3.63, 3.8) is 0 Å². The number of piperazine rings is 1. The van der Waals surface area contributed by atoms with Crippen LogP contribution < -0.4 is 24.3 Å². The van der Waals surface area contributed by atoms with Crippen LogP contribution in [-0.4, -0.2) is 72.4 Å². The fourth-order valence-electron chi connectivity index (χ4n) is 8.15. The number of phenolic OH excluding ortho intramolecular Hbond substituents is 1. The lowest BCUT2D eigenvalue weighted by atomic mass is 9.71. The fourth-order valence-corrected chi connectivity index (χ4v) is 8.15. The number of aromatic hydroxyl groups is 1. The van der Waals surface area contributed by atoms with Gasteiger partial charge >= 0.3 is 5.97 Å². The maximum absolute atomic E-state index is 13.1. The van der Waals surface area contributed by atoms with Crippen LogP contribution >= 0.6 is 0 Å². The lowest BCUT2D eigenvalue weighted by Crippen LogP contribution is -2.68. The van der Waals surface area contributed by atoms with E-state index in [2.05, 4.69) is 34.2 Å². The van der Waals surface area contributed by atoms with Crippen LogP contribution in [0.1, 0.15) is 85.0 Å². The molecule has 240 valence electrons. The summed E-state index contributed by atoms with van der Waals surface area (Å²) in [5, 5.41) is 25.6. The number of hydrogen-bond acceptors (Lipinski definition) is 10. The molecule has 0 aliphatic carbocycles. The number of nitriles is 1. The van der Waals surface area contributed by atoms with Crippen LogP contribution in [0.4, 0.5) is 0 Å². The van der Waals surface area contributed by atoms with Crippen LogP contribution in [-0.2, 0) is 22.4 Å². The predicted molar refractivity (Wildman–Crippen MR) is 165 cm³/mol. The Bertz CT molecular complexity index is 1580. The Kier molecular flexibility index (Phi) is 8.31. The topological polar surface area (TPSA) is 134 Å². The van der Waals surface area contributed by atoms with E-state index in [4.69, 9.17) is 18.9 Å². The number of carbonyl (C=O) groups is 2. The molecule has 6 rings (SSSR count). The second-order valence-corrected chi connectivity index (χ2v) is 12.6. The van der Waals surface area contributed by atoms with E-state index in [1.807, 2.05) is 20.9 Å². The molecular formula is C34H42N4O7. The van der Waals surface area contributed by atoms with Crippen LogP contribution in [0, 0.1) is 25.2 Å². The Labute approximate surface area is 264 Å². The zero-order valence-electron chi connectivity index (χ0n) is 26.9. The summed E-state index contributed by atoms with van der Waals surface area (Å²) in [6.07, 6.45) is 4.16. The van der Waals surface area contributed by atoms with Gasteiger partial charge in [-0.3, -0.25) is 19.4 Å². The van der Waals surface area contributed by atoms with E-state index >= 15 is 0 Å². The molecule has 4 aliphatic rings. The smallest absolute Gasteiger partial charge is 0.308 e. The predicted octanol–water partition coefficient (Wildman–Crippen LogP) is 4.14. The Morgan fingerprint density at radius 1 is 1.13 bits per heavy atom. The molecule has 4 heterocycles. The first-order valence-electron chi connectivity index (χ1n) is 15.8. The van der Waals surface area contributed by atoms with E-state index in [0.717, 1.165) is 47.1 Å². The largest absolute Gasteiger partial charge is 0.504 e. The number of phenols is 1. The number of rotatable bonds is 8. The number of hydrogen-bond donors (Lipinski definition) is 2. The highest BCUT2D eigenvalue weighted by Gasteiger charge is 2.56. The first-order valence-corrected chi connectivity index (χ1v) is 15.8. The first kappa shape index (κ1) is 31.0. The standard InChI is InChI=1S/C34H42N4O7/c1-7-8-9-10-26(40)36-15-25-28-21(32(45-19(4)39)18(3)33-34(28)44-16-43-33)13-23-29-27-20(11-17(2)31(42-6)30(27)41)12-22(37(29)5)24(14-35)38(23)25/h11,22-25,29,41H,7-10,12-13,15-16H2,1-6H3,(H,36,40)/t22?,23-,24-,25-,29-/m0/s1. The number of likely N-dealkylation sites (N-methyl/N-ethyl adjacent to an activating group) is 1. The van der Waals surface area contributed by atoms with Gasteiger partial charge in [-0.2, -0.15) is 5.26 Å². The molecule has 0 spiro atoms. The highest BCUT2D eigenvalue weighted by molar-refractivity contribution is 5.76. The molecule has 1 fully saturated rings. The molecule has 2 aromatic rings. The first-order chi connectivity index (χ1) is 21.6. The summed E-state index contributed by atoms with van der Waals surface area (Å²) in [5.74, 6) is 1.50. The van der Waals surface area contributed by atoms with Crippen molar-refractivity contribution in [2.45, 2.75) is 96.4 Å². The van der Waals surface area contributed by atoms with Crippen molar-refractivity contribution in [3.8, 4) is 34.8 Å². The number of nitrogens with one attached hydrogen (secondary N) is 1. The molecule has 2 aromatic carbocycles. The molecule has 11 heteroatoms. The number of benzene rings is 2. The summed E-state index contributed by atoms with van der Waals surface area (Å²) in [4.78, 5) is 29.9. The van der Waals surface area contributed by atoms with Crippen molar-refractivity contribution < 1.29 is 33.6 Å². The number of unbranched alkanes of at least 4 members (excludes halogenated alkanes) is 2. The number of fused-ring (bicyclic) bond motifs is 9. The van der Waals surface area contributed by atoms with E-state index in [1.165, 1.54) is 6.92 Å². The van der Waals surface area contributed by atoms with Crippen LogP contribution in [0.25, 0.3) is 0 Å². The van der Waals surface area contributed by atoms with Gasteiger partial charge in [-0.1, -0.05) is 25.8 Å². The van der Waals surface area contributed by atoms with Crippen molar-refractivity contribution in [1.82, 2.24) is 15.1 Å². The Morgan fingerprint density at radius 3 is 2.58 bits per heavy atom. The average Bonchev–Trinajstić information content (AvgIpc) is 3.49. The summed E-state index contributed by atoms with van der Waals surface area (Å²) < 4.78 is 23.5. The molecule has 0 saturated carbocycles.